The maximum Gasteiger partial charge on any atom is 0.249 e. The molecule has 20 nitrogen and oxygen atoms in total. The number of aliphatic hydroxyl groups excluding tert-OH is 9. The Labute approximate surface area is 259 Å². The van der Waals surface area contributed by atoms with Crippen LogP contribution in [0.3, 0.4) is 0 Å². The number of aliphatic hydroxyl groups is 9. The largest absolute Gasteiger partial charge is 0.395 e. The fourth-order valence-electron chi connectivity index (χ4n) is 5.52. The van der Waals surface area contributed by atoms with Crippen LogP contribution in [-0.2, 0) is 23.7 Å². The van der Waals surface area contributed by atoms with E-state index in [1.165, 1.54) is 0 Å². The van der Waals surface area contributed by atoms with Gasteiger partial charge in [0.05, 0.1) is 25.3 Å². The topological polar surface area (TPSA) is 364 Å². The Hall–Kier alpha value is -1.25. The summed E-state index contributed by atoms with van der Waals surface area (Å²) in [7, 11) is 0. The van der Waals surface area contributed by atoms with Crippen molar-refractivity contribution in [2.45, 2.75) is 117 Å². The van der Waals surface area contributed by atoms with E-state index in [4.69, 9.17) is 47.0 Å². The van der Waals surface area contributed by atoms with E-state index in [-0.39, 0.29) is 39.1 Å². The van der Waals surface area contributed by atoms with E-state index >= 15 is 0 Å². The second-order valence-electron chi connectivity index (χ2n) is 11.7. The average Bonchev–Trinajstić information content (AvgIpc) is 3.01. The molecule has 0 aromatic carbocycles. The molecule has 1 aliphatic carbocycles. The van der Waals surface area contributed by atoms with Crippen LogP contribution in [0.25, 0.3) is 0 Å². The van der Waals surface area contributed by atoms with Gasteiger partial charge in [-0.2, -0.15) is 0 Å². The van der Waals surface area contributed by atoms with Crippen molar-refractivity contribution in [2.24, 2.45) is 22.9 Å². The molecule has 20 heteroatoms. The molecule has 17 unspecified atom stereocenters. The summed E-state index contributed by atoms with van der Waals surface area (Å²) in [5, 5.41) is 98.1. The molecule has 19 N–H and O–H groups in total. The predicted octanol–water partition coefficient (Wildman–Crippen LogP) is -9.47. The smallest absolute Gasteiger partial charge is 0.249 e. The highest BCUT2D eigenvalue weighted by Gasteiger charge is 2.52. The normalized spacial score (nSPS) is 43.9. The van der Waals surface area contributed by atoms with Crippen LogP contribution in [0.15, 0.2) is 0 Å². The number of rotatable bonds is 14. The van der Waals surface area contributed by atoms with E-state index < -0.39 is 116 Å². The summed E-state index contributed by atoms with van der Waals surface area (Å²) in [6.45, 7) is -0.935. The van der Waals surface area contributed by atoms with Gasteiger partial charge in [0.25, 0.3) is 0 Å². The maximum absolute atomic E-state index is 12.7. The summed E-state index contributed by atoms with van der Waals surface area (Å²) in [4.78, 5) is 12.7. The molecule has 2 heterocycles. The van der Waals surface area contributed by atoms with Gasteiger partial charge in [-0.25, -0.2) is 0 Å². The standard InChI is InChI=1S/C25H50N6O14/c26-2-1-11(34)23(41)31-10-3-9(28)21(20(40)22(10)45-24-17(37)14(29)15(35)13(7-33)43-24)44-25-19(39)18(38)16(36)12(42-25)5-30-4-8(27)6-32/h8-22,24-25,30,32-40H,1-7,26-29H2,(H,31,41). The Morgan fingerprint density at radius 2 is 1.49 bits per heavy atom. The number of carbonyl (C=O) groups is 1. The van der Waals surface area contributed by atoms with Crippen molar-refractivity contribution in [3.05, 3.63) is 0 Å². The molecule has 0 radical (unpaired) electrons. The van der Waals surface area contributed by atoms with Crippen LogP contribution in [0.5, 0.6) is 0 Å². The van der Waals surface area contributed by atoms with Gasteiger partial charge in [-0.15, -0.1) is 0 Å². The van der Waals surface area contributed by atoms with Gasteiger partial charge in [0.2, 0.25) is 5.91 Å². The van der Waals surface area contributed by atoms with Gasteiger partial charge in [0.15, 0.2) is 12.6 Å². The van der Waals surface area contributed by atoms with Crippen molar-refractivity contribution < 1.29 is 69.7 Å². The van der Waals surface area contributed by atoms with Gasteiger partial charge in [-0.1, -0.05) is 0 Å². The van der Waals surface area contributed by atoms with Crippen LogP contribution in [0, 0.1) is 0 Å². The monoisotopic (exact) mass is 658 g/mol. The van der Waals surface area contributed by atoms with Gasteiger partial charge in [-0.3, -0.25) is 4.79 Å². The van der Waals surface area contributed by atoms with Crippen molar-refractivity contribution >= 4 is 5.91 Å². The molecule has 0 bridgehead atoms. The minimum Gasteiger partial charge on any atom is -0.395 e. The minimum absolute atomic E-state index is 0.00286. The van der Waals surface area contributed by atoms with Crippen LogP contribution in [-0.4, -0.2) is 189 Å². The Morgan fingerprint density at radius 3 is 2.11 bits per heavy atom. The van der Waals surface area contributed by atoms with Gasteiger partial charge in [0, 0.05) is 25.2 Å². The zero-order chi connectivity index (χ0) is 33.6. The Kier molecular flexibility index (Phi) is 14.6. The zero-order valence-electron chi connectivity index (χ0n) is 24.6. The first-order valence-electron chi connectivity index (χ1n) is 14.8. The Morgan fingerprint density at radius 1 is 0.867 bits per heavy atom. The van der Waals surface area contributed by atoms with Crippen LogP contribution in [0.4, 0.5) is 0 Å². The maximum atomic E-state index is 12.7. The molecule has 0 aromatic heterocycles. The molecule has 45 heavy (non-hydrogen) atoms. The molecule has 264 valence electrons. The predicted molar refractivity (Wildman–Crippen MR) is 150 cm³/mol. The summed E-state index contributed by atoms with van der Waals surface area (Å²) >= 11 is 0. The van der Waals surface area contributed by atoms with Crippen molar-refractivity contribution in [1.82, 2.24) is 10.6 Å². The molecule has 3 rings (SSSR count). The average molecular weight is 659 g/mol. The third kappa shape index (κ3) is 9.22. The SMILES string of the molecule is NCCC(O)C(=O)NC1CC(N)C(OC2OC(CNCC(N)CO)C(O)C(O)C2O)C(O)C1OC1OC(CO)C(O)C(N)C1O. The Bertz CT molecular complexity index is 914. The van der Waals surface area contributed by atoms with Crippen LogP contribution in [0.1, 0.15) is 12.8 Å². The summed E-state index contributed by atoms with van der Waals surface area (Å²) in [5.74, 6) is -0.859. The number of nitrogens with one attached hydrogen (secondary N) is 2. The lowest BCUT2D eigenvalue weighted by Gasteiger charge is -2.49. The van der Waals surface area contributed by atoms with Gasteiger partial charge >= 0.3 is 0 Å². The van der Waals surface area contributed by atoms with Crippen LogP contribution in [0.2, 0.25) is 0 Å². The number of ether oxygens (including phenoxy) is 4. The lowest BCUT2D eigenvalue weighted by Crippen LogP contribution is -2.69. The highest BCUT2D eigenvalue weighted by Crippen LogP contribution is 2.32. The molecule has 0 aromatic rings. The van der Waals surface area contributed by atoms with E-state index in [2.05, 4.69) is 10.6 Å². The molecule has 3 aliphatic rings. The quantitative estimate of drug-likeness (QED) is 0.0823. The first-order chi connectivity index (χ1) is 21.2. The van der Waals surface area contributed by atoms with E-state index in [1.54, 1.807) is 0 Å². The number of carbonyl (C=O) groups excluding carboxylic acids is 1. The molecule has 1 amide bonds. The second kappa shape index (κ2) is 17.2. The molecule has 2 saturated heterocycles. The number of hydrogen-bond donors (Lipinski definition) is 15. The number of hydrogen-bond acceptors (Lipinski definition) is 19. The third-order valence-electron chi connectivity index (χ3n) is 8.26. The van der Waals surface area contributed by atoms with Crippen LogP contribution < -0.4 is 33.6 Å². The van der Waals surface area contributed by atoms with E-state index in [0.717, 1.165) is 0 Å². The molecule has 17 atom stereocenters. The first kappa shape index (κ1) is 38.2. The van der Waals surface area contributed by atoms with Gasteiger partial charge in [0.1, 0.15) is 67.1 Å². The number of amides is 1. The lowest BCUT2D eigenvalue weighted by atomic mass is 9.83. The van der Waals surface area contributed by atoms with E-state index in [1.807, 2.05) is 0 Å². The number of nitrogens with two attached hydrogens (primary N) is 4. The molecule has 0 spiro atoms. The third-order valence-corrected chi connectivity index (χ3v) is 8.26. The fraction of sp³-hybridized carbons (Fsp3) is 0.960. The van der Waals surface area contributed by atoms with Crippen molar-refractivity contribution in [1.29, 1.82) is 0 Å². The molecule has 3 fully saturated rings. The summed E-state index contributed by atoms with van der Waals surface area (Å²) in [5.41, 5.74) is 23.3. The van der Waals surface area contributed by atoms with Crippen LogP contribution >= 0.6 is 0 Å². The first-order valence-corrected chi connectivity index (χ1v) is 14.8. The van der Waals surface area contributed by atoms with E-state index in [0.29, 0.717) is 0 Å². The highest BCUT2D eigenvalue weighted by molar-refractivity contribution is 5.80. The summed E-state index contributed by atoms with van der Waals surface area (Å²) in [6, 6.07) is -4.14. The molecule has 1 saturated carbocycles. The highest BCUT2D eigenvalue weighted by atomic mass is 16.7. The molecular weight excluding hydrogens is 608 g/mol. The van der Waals surface area contributed by atoms with E-state index in [9.17, 15) is 45.6 Å². The Balaban J connectivity index is 1.82. The van der Waals surface area contributed by atoms with Gasteiger partial charge in [-0.05, 0) is 19.4 Å². The fourth-order valence-corrected chi connectivity index (χ4v) is 5.52. The minimum atomic E-state index is -1.80. The second-order valence-corrected chi connectivity index (χ2v) is 11.7. The van der Waals surface area contributed by atoms with Crippen molar-refractivity contribution in [3.8, 4) is 0 Å². The van der Waals surface area contributed by atoms with Crippen molar-refractivity contribution in [2.75, 3.05) is 32.8 Å². The van der Waals surface area contributed by atoms with Gasteiger partial charge < -0.3 is 98.5 Å². The summed E-state index contributed by atoms with van der Waals surface area (Å²) < 4.78 is 22.9. The zero-order valence-corrected chi connectivity index (χ0v) is 24.6. The lowest BCUT2D eigenvalue weighted by molar-refractivity contribution is -0.333. The summed E-state index contributed by atoms with van der Waals surface area (Å²) in [6.07, 6.45) is -20.3. The molecule has 2 aliphatic heterocycles. The molecular formula is C25H50N6O14. The van der Waals surface area contributed by atoms with Crippen molar-refractivity contribution in [3.63, 3.8) is 0 Å².